The van der Waals surface area contributed by atoms with Gasteiger partial charge < -0.3 is 10.8 Å². The fraction of sp³-hybridized carbons (Fsp3) is 0.235. The van der Waals surface area contributed by atoms with E-state index in [9.17, 15) is 23.1 Å². The molecule has 0 aliphatic heterocycles. The van der Waals surface area contributed by atoms with Gasteiger partial charge in [-0.2, -0.15) is 13.2 Å². The summed E-state index contributed by atoms with van der Waals surface area (Å²) >= 11 is 0. The van der Waals surface area contributed by atoms with Gasteiger partial charge in [0.05, 0.1) is 0 Å². The highest BCUT2D eigenvalue weighted by molar-refractivity contribution is 6.03. The number of carbonyl (C=O) groups is 1. The predicted molar refractivity (Wildman–Crippen MR) is 78.8 cm³/mol. The highest BCUT2D eigenvalue weighted by Gasteiger charge is 2.61. The molecule has 0 radical (unpaired) electrons. The molecule has 23 heavy (non-hydrogen) atoms. The first-order valence-electron chi connectivity index (χ1n) is 7.08. The number of fused-ring (bicyclic) bond motifs is 3. The van der Waals surface area contributed by atoms with Crippen LogP contribution in [0.4, 0.5) is 13.2 Å². The Balaban J connectivity index is 2.48. The Hall–Kier alpha value is -2.34. The molecule has 1 aliphatic rings. The summed E-state index contributed by atoms with van der Waals surface area (Å²) in [5.41, 5.74) is 2.35. The normalized spacial score (nSPS) is 19.3. The lowest BCUT2D eigenvalue weighted by Crippen LogP contribution is -2.41. The van der Waals surface area contributed by atoms with Crippen molar-refractivity contribution < 1.29 is 23.1 Å². The minimum Gasteiger partial charge on any atom is -0.372 e. The predicted octanol–water partition coefficient (Wildman–Crippen LogP) is 3.13. The summed E-state index contributed by atoms with van der Waals surface area (Å²) in [7, 11) is 0. The second-order valence-electron chi connectivity index (χ2n) is 5.54. The Bertz CT molecular complexity index is 814. The Morgan fingerprint density at radius 1 is 1.22 bits per heavy atom. The van der Waals surface area contributed by atoms with Crippen LogP contribution in [0, 0.1) is 0 Å². The van der Waals surface area contributed by atoms with E-state index in [0.717, 1.165) is 0 Å². The van der Waals surface area contributed by atoms with E-state index in [1.165, 1.54) is 30.3 Å². The summed E-state index contributed by atoms with van der Waals surface area (Å²) in [6.45, 7) is 1.75. The Morgan fingerprint density at radius 2 is 1.87 bits per heavy atom. The average molecular weight is 321 g/mol. The van der Waals surface area contributed by atoms with Crippen molar-refractivity contribution in [2.45, 2.75) is 25.1 Å². The molecule has 6 heteroatoms. The summed E-state index contributed by atoms with van der Waals surface area (Å²) in [6.07, 6.45) is -4.51. The molecule has 2 aromatic rings. The summed E-state index contributed by atoms with van der Waals surface area (Å²) in [5, 5.41) is 10.6. The Kier molecular flexibility index (Phi) is 3.26. The molecule has 0 saturated carbocycles. The zero-order chi connectivity index (χ0) is 17.0. The molecule has 1 amide bonds. The lowest BCUT2D eigenvalue weighted by molar-refractivity contribution is -0.246. The first kappa shape index (κ1) is 15.6. The van der Waals surface area contributed by atoms with Gasteiger partial charge in [0.2, 0.25) is 11.5 Å². The Morgan fingerprint density at radius 3 is 2.43 bits per heavy atom. The fourth-order valence-electron chi connectivity index (χ4n) is 3.14. The lowest BCUT2D eigenvalue weighted by atomic mass is 9.88. The molecule has 1 aliphatic carbocycles. The maximum Gasteiger partial charge on any atom is 0.425 e. The molecule has 1 unspecified atom stereocenters. The molecule has 3 nitrogen and oxygen atoms in total. The van der Waals surface area contributed by atoms with Crippen LogP contribution in [0.1, 0.15) is 34.0 Å². The molecule has 1 atom stereocenters. The van der Waals surface area contributed by atoms with Crippen LogP contribution in [0.25, 0.3) is 11.1 Å². The maximum atomic E-state index is 13.7. The first-order valence-corrected chi connectivity index (χ1v) is 7.08. The lowest BCUT2D eigenvalue weighted by Gasteiger charge is -2.28. The quantitative estimate of drug-likeness (QED) is 0.892. The van der Waals surface area contributed by atoms with E-state index < -0.39 is 17.7 Å². The van der Waals surface area contributed by atoms with Gasteiger partial charge in [-0.1, -0.05) is 37.3 Å². The van der Waals surface area contributed by atoms with Crippen molar-refractivity contribution in [3.8, 4) is 11.1 Å². The number of halogens is 3. The van der Waals surface area contributed by atoms with Gasteiger partial charge in [-0.15, -0.1) is 0 Å². The van der Waals surface area contributed by atoms with Crippen LogP contribution in [0.2, 0.25) is 0 Å². The molecule has 0 spiro atoms. The highest BCUT2D eigenvalue weighted by Crippen LogP contribution is 2.55. The van der Waals surface area contributed by atoms with Gasteiger partial charge in [0.25, 0.3) is 0 Å². The van der Waals surface area contributed by atoms with Crippen molar-refractivity contribution in [3.05, 3.63) is 58.7 Å². The van der Waals surface area contributed by atoms with Crippen LogP contribution in [0.15, 0.2) is 36.4 Å². The second kappa shape index (κ2) is 4.83. The fourth-order valence-corrected chi connectivity index (χ4v) is 3.14. The topological polar surface area (TPSA) is 63.3 Å². The molecular weight excluding hydrogens is 307 g/mol. The standard InChI is InChI=1S/C17H14F3NO2/c1-2-9-7-11(15(21)22)14-10-5-3-4-6-12(10)16(23,13(14)8-9)17(18,19)20/h3-8,23H,2H2,1H3,(H2,21,22). The third-order valence-electron chi connectivity index (χ3n) is 4.26. The van der Waals surface area contributed by atoms with E-state index in [1.54, 1.807) is 13.0 Å². The number of amides is 1. The molecule has 120 valence electrons. The first-order chi connectivity index (χ1) is 10.7. The van der Waals surface area contributed by atoms with Crippen LogP contribution < -0.4 is 5.73 Å². The number of aryl methyl sites for hydroxylation is 1. The van der Waals surface area contributed by atoms with Gasteiger partial charge >= 0.3 is 6.18 Å². The van der Waals surface area contributed by atoms with Crippen molar-refractivity contribution in [1.29, 1.82) is 0 Å². The van der Waals surface area contributed by atoms with Gasteiger partial charge in [0.15, 0.2) is 0 Å². The molecule has 0 saturated heterocycles. The van der Waals surface area contributed by atoms with E-state index in [4.69, 9.17) is 5.73 Å². The van der Waals surface area contributed by atoms with E-state index in [-0.39, 0.29) is 27.8 Å². The SMILES string of the molecule is CCc1cc(C(N)=O)c2c(c1)C(O)(C(F)(F)F)c1ccccc1-2. The van der Waals surface area contributed by atoms with Crippen LogP contribution in [0.3, 0.4) is 0 Å². The largest absolute Gasteiger partial charge is 0.425 e. The average Bonchev–Trinajstić information content (AvgIpc) is 2.77. The molecule has 0 fully saturated rings. The monoisotopic (exact) mass is 321 g/mol. The maximum absolute atomic E-state index is 13.7. The number of primary amides is 1. The van der Waals surface area contributed by atoms with Crippen LogP contribution in [-0.4, -0.2) is 17.2 Å². The molecule has 0 aromatic heterocycles. The van der Waals surface area contributed by atoms with E-state index in [0.29, 0.717) is 12.0 Å². The number of alkyl halides is 3. The van der Waals surface area contributed by atoms with Gasteiger partial charge in [-0.25, -0.2) is 0 Å². The Labute approximate surface area is 130 Å². The summed E-state index contributed by atoms with van der Waals surface area (Å²) in [5.74, 6) is -0.822. The zero-order valence-corrected chi connectivity index (χ0v) is 12.2. The summed E-state index contributed by atoms with van der Waals surface area (Å²) in [6, 6.07) is 8.44. The van der Waals surface area contributed by atoms with Crippen molar-refractivity contribution in [2.24, 2.45) is 5.73 Å². The molecule has 0 heterocycles. The van der Waals surface area contributed by atoms with Gasteiger partial charge in [-0.05, 0) is 23.6 Å². The number of hydrogen-bond acceptors (Lipinski definition) is 2. The van der Waals surface area contributed by atoms with Gasteiger partial charge in [0.1, 0.15) is 0 Å². The zero-order valence-electron chi connectivity index (χ0n) is 12.2. The highest BCUT2D eigenvalue weighted by atomic mass is 19.4. The van der Waals surface area contributed by atoms with E-state index in [2.05, 4.69) is 0 Å². The van der Waals surface area contributed by atoms with E-state index in [1.807, 2.05) is 0 Å². The van der Waals surface area contributed by atoms with Crippen LogP contribution >= 0.6 is 0 Å². The van der Waals surface area contributed by atoms with Crippen LogP contribution in [-0.2, 0) is 12.0 Å². The van der Waals surface area contributed by atoms with Crippen molar-refractivity contribution >= 4 is 5.91 Å². The van der Waals surface area contributed by atoms with E-state index >= 15 is 0 Å². The minimum atomic E-state index is -4.92. The number of nitrogens with two attached hydrogens (primary N) is 1. The minimum absolute atomic E-state index is 0.00743. The number of benzene rings is 2. The molecule has 0 bridgehead atoms. The second-order valence-corrected chi connectivity index (χ2v) is 5.54. The van der Waals surface area contributed by atoms with Crippen molar-refractivity contribution in [2.75, 3.05) is 0 Å². The number of hydrogen-bond donors (Lipinski definition) is 2. The summed E-state index contributed by atoms with van der Waals surface area (Å²) in [4.78, 5) is 11.8. The molecule has 3 rings (SSSR count). The summed E-state index contributed by atoms with van der Waals surface area (Å²) < 4.78 is 41.1. The third-order valence-corrected chi connectivity index (χ3v) is 4.26. The number of aliphatic hydroxyl groups is 1. The molecule has 2 aromatic carbocycles. The number of carbonyl (C=O) groups excluding carboxylic acids is 1. The van der Waals surface area contributed by atoms with Crippen molar-refractivity contribution in [3.63, 3.8) is 0 Å². The smallest absolute Gasteiger partial charge is 0.372 e. The molecular formula is C17H14F3NO2. The van der Waals surface area contributed by atoms with Gasteiger partial charge in [0, 0.05) is 22.3 Å². The van der Waals surface area contributed by atoms with Crippen LogP contribution in [0.5, 0.6) is 0 Å². The number of rotatable bonds is 2. The molecule has 3 N–H and O–H groups in total. The van der Waals surface area contributed by atoms with Crippen molar-refractivity contribution in [1.82, 2.24) is 0 Å². The van der Waals surface area contributed by atoms with Gasteiger partial charge in [-0.3, -0.25) is 4.79 Å². The third kappa shape index (κ3) is 1.98.